The third kappa shape index (κ3) is 3.40. The summed E-state index contributed by atoms with van der Waals surface area (Å²) in [6.07, 6.45) is 1.16. The molecule has 1 aromatic rings. The van der Waals surface area contributed by atoms with E-state index in [-0.39, 0.29) is 18.5 Å². The zero-order chi connectivity index (χ0) is 14.9. The Balaban J connectivity index is 2.26. The molecular formula is C13H17BN2O3S. The van der Waals surface area contributed by atoms with Gasteiger partial charge in [-0.3, -0.25) is 4.79 Å². The zero-order valence-corrected chi connectivity index (χ0v) is 12.4. The van der Waals surface area contributed by atoms with Crippen LogP contribution in [0, 0.1) is 0 Å². The SMILES string of the molecule is [B]S(=O)(=O)NCc1ccc2c(c1)CCC(=O)N2C(C)C. The summed E-state index contributed by atoms with van der Waals surface area (Å²) in [5, 5.41) is 0. The van der Waals surface area contributed by atoms with Crippen molar-refractivity contribution in [3.05, 3.63) is 29.3 Å². The van der Waals surface area contributed by atoms with Gasteiger partial charge in [0.15, 0.2) is 0 Å². The third-order valence-electron chi connectivity index (χ3n) is 3.27. The molecule has 0 aliphatic carbocycles. The van der Waals surface area contributed by atoms with Crippen molar-refractivity contribution >= 4 is 28.6 Å². The number of anilines is 1. The van der Waals surface area contributed by atoms with Crippen molar-refractivity contribution in [1.82, 2.24) is 4.72 Å². The van der Waals surface area contributed by atoms with Crippen molar-refractivity contribution in [2.45, 2.75) is 39.3 Å². The normalized spacial score (nSPS) is 15.6. The highest BCUT2D eigenvalue weighted by atomic mass is 32.2. The number of benzene rings is 1. The lowest BCUT2D eigenvalue weighted by molar-refractivity contribution is -0.119. The maximum atomic E-state index is 12.0. The third-order valence-corrected chi connectivity index (χ3v) is 3.82. The lowest BCUT2D eigenvalue weighted by Crippen LogP contribution is -2.40. The number of hydrogen-bond donors (Lipinski definition) is 1. The smallest absolute Gasteiger partial charge is 0.277 e. The fourth-order valence-corrected chi connectivity index (χ4v) is 2.80. The van der Waals surface area contributed by atoms with Gasteiger partial charge in [0.05, 0.1) is 0 Å². The van der Waals surface area contributed by atoms with Gasteiger partial charge in [0, 0.05) is 24.7 Å². The molecule has 1 N–H and O–H groups in total. The van der Waals surface area contributed by atoms with E-state index in [2.05, 4.69) is 4.72 Å². The summed E-state index contributed by atoms with van der Waals surface area (Å²) in [4.78, 5) is 13.7. The van der Waals surface area contributed by atoms with Crippen LogP contribution in [0.3, 0.4) is 0 Å². The molecule has 2 radical (unpaired) electrons. The number of carbonyl (C=O) groups excluding carboxylic acids is 1. The largest absolute Gasteiger partial charge is 0.310 e. The Morgan fingerprint density at radius 1 is 1.35 bits per heavy atom. The standard InChI is InChI=1S/C13H17BN2O3S/c1-9(2)16-12-5-3-10(8-15-20(14,18)19)7-11(12)4-6-13(16)17/h3,5,7,9,15H,4,6,8H2,1-2H3. The maximum Gasteiger partial charge on any atom is 0.277 e. The Bertz CT molecular complexity index is 629. The van der Waals surface area contributed by atoms with E-state index in [1.807, 2.05) is 32.0 Å². The monoisotopic (exact) mass is 292 g/mol. The Morgan fingerprint density at radius 3 is 2.65 bits per heavy atom. The molecule has 1 amide bonds. The number of rotatable bonds is 4. The molecule has 1 aromatic carbocycles. The van der Waals surface area contributed by atoms with E-state index in [0.29, 0.717) is 12.8 Å². The van der Waals surface area contributed by atoms with Crippen molar-refractivity contribution in [3.8, 4) is 0 Å². The molecule has 1 heterocycles. The molecule has 0 fully saturated rings. The van der Waals surface area contributed by atoms with Gasteiger partial charge < -0.3 is 4.90 Å². The second-order valence-electron chi connectivity index (χ2n) is 5.19. The van der Waals surface area contributed by atoms with Gasteiger partial charge in [-0.05, 0) is 37.5 Å². The van der Waals surface area contributed by atoms with E-state index in [1.165, 1.54) is 0 Å². The quantitative estimate of drug-likeness (QED) is 0.838. The molecule has 106 valence electrons. The van der Waals surface area contributed by atoms with Crippen LogP contribution in [0.15, 0.2) is 18.2 Å². The van der Waals surface area contributed by atoms with Crippen LogP contribution in [0.2, 0.25) is 0 Å². The highest BCUT2D eigenvalue weighted by molar-refractivity contribution is 8.10. The molecule has 20 heavy (non-hydrogen) atoms. The molecule has 0 atom stereocenters. The predicted octanol–water partition coefficient (Wildman–Crippen LogP) is 0.877. The van der Waals surface area contributed by atoms with Crippen LogP contribution in [0.4, 0.5) is 5.69 Å². The van der Waals surface area contributed by atoms with E-state index in [0.717, 1.165) is 16.8 Å². The second-order valence-corrected chi connectivity index (χ2v) is 6.57. The summed E-state index contributed by atoms with van der Waals surface area (Å²) in [6, 6.07) is 5.71. The average molecular weight is 292 g/mol. The van der Waals surface area contributed by atoms with Gasteiger partial charge in [-0.1, -0.05) is 12.1 Å². The summed E-state index contributed by atoms with van der Waals surface area (Å²) in [6.45, 7) is 4.11. The molecule has 1 aliphatic rings. The van der Waals surface area contributed by atoms with Crippen molar-refractivity contribution in [2.75, 3.05) is 4.90 Å². The number of hydrogen-bond acceptors (Lipinski definition) is 3. The van der Waals surface area contributed by atoms with Crippen LogP contribution in [-0.4, -0.2) is 27.5 Å². The van der Waals surface area contributed by atoms with E-state index in [1.54, 1.807) is 4.90 Å². The summed E-state index contributed by atoms with van der Waals surface area (Å²) in [5.74, 6) is 0.128. The van der Waals surface area contributed by atoms with E-state index in [9.17, 15) is 13.2 Å². The summed E-state index contributed by atoms with van der Waals surface area (Å²) in [5.41, 5.74) is 2.80. The minimum absolute atomic E-state index is 0.106. The van der Waals surface area contributed by atoms with Crippen LogP contribution in [0.25, 0.3) is 0 Å². The lowest BCUT2D eigenvalue weighted by atomic mass is 9.97. The molecule has 0 bridgehead atoms. The van der Waals surface area contributed by atoms with Gasteiger partial charge in [-0.25, -0.2) is 13.1 Å². The highest BCUT2D eigenvalue weighted by Gasteiger charge is 2.26. The van der Waals surface area contributed by atoms with Crippen LogP contribution < -0.4 is 9.62 Å². The fourth-order valence-electron chi connectivity index (χ4n) is 2.43. The van der Waals surface area contributed by atoms with Crippen LogP contribution >= 0.6 is 0 Å². The minimum Gasteiger partial charge on any atom is -0.310 e. The Morgan fingerprint density at radius 2 is 2.05 bits per heavy atom. The number of carbonyl (C=O) groups is 1. The Kier molecular flexibility index (Phi) is 4.20. The van der Waals surface area contributed by atoms with Crippen LogP contribution in [-0.2, 0) is 27.6 Å². The molecule has 2 rings (SSSR count). The Labute approximate surface area is 120 Å². The number of amides is 1. The van der Waals surface area contributed by atoms with Crippen LogP contribution in [0.1, 0.15) is 31.4 Å². The van der Waals surface area contributed by atoms with Gasteiger partial charge in [-0.15, -0.1) is 0 Å². The molecule has 7 heteroatoms. The molecule has 0 unspecified atom stereocenters. The first kappa shape index (κ1) is 15.1. The first-order valence-electron chi connectivity index (χ1n) is 6.49. The van der Waals surface area contributed by atoms with E-state index in [4.69, 9.17) is 7.12 Å². The van der Waals surface area contributed by atoms with Gasteiger partial charge in [0.25, 0.3) is 7.12 Å². The van der Waals surface area contributed by atoms with E-state index >= 15 is 0 Å². The molecule has 0 saturated heterocycles. The molecule has 0 saturated carbocycles. The highest BCUT2D eigenvalue weighted by Crippen LogP contribution is 2.30. The molecule has 5 nitrogen and oxygen atoms in total. The Hall–Kier alpha value is -1.34. The van der Waals surface area contributed by atoms with Crippen molar-refractivity contribution in [3.63, 3.8) is 0 Å². The average Bonchev–Trinajstić information content (AvgIpc) is 2.34. The van der Waals surface area contributed by atoms with Crippen molar-refractivity contribution < 1.29 is 13.2 Å². The van der Waals surface area contributed by atoms with Crippen molar-refractivity contribution in [2.24, 2.45) is 0 Å². The molecule has 0 aromatic heterocycles. The van der Waals surface area contributed by atoms with Crippen molar-refractivity contribution in [1.29, 1.82) is 0 Å². The molecule has 1 aliphatic heterocycles. The minimum atomic E-state index is -3.69. The zero-order valence-electron chi connectivity index (χ0n) is 11.6. The number of aryl methyl sites for hydroxylation is 1. The fraction of sp³-hybridized carbons (Fsp3) is 0.462. The molecular weight excluding hydrogens is 275 g/mol. The number of nitrogens with zero attached hydrogens (tertiary/aromatic N) is 1. The number of fused-ring (bicyclic) bond motifs is 1. The topological polar surface area (TPSA) is 66.5 Å². The summed E-state index contributed by atoms with van der Waals surface area (Å²) < 4.78 is 24.0. The predicted molar refractivity (Wildman–Crippen MR) is 78.9 cm³/mol. The second kappa shape index (κ2) is 5.57. The summed E-state index contributed by atoms with van der Waals surface area (Å²) in [7, 11) is 1.22. The van der Waals surface area contributed by atoms with Gasteiger partial charge in [0.2, 0.25) is 5.91 Å². The maximum absolute atomic E-state index is 12.0. The molecule has 0 spiro atoms. The lowest BCUT2D eigenvalue weighted by Gasteiger charge is -2.33. The first-order chi connectivity index (χ1) is 9.28. The van der Waals surface area contributed by atoms with Crippen LogP contribution in [0.5, 0.6) is 0 Å². The van der Waals surface area contributed by atoms with E-state index < -0.39 is 9.87 Å². The van der Waals surface area contributed by atoms with Gasteiger partial charge >= 0.3 is 0 Å². The first-order valence-corrected chi connectivity index (χ1v) is 8.04. The van der Waals surface area contributed by atoms with Gasteiger partial charge in [-0.2, -0.15) is 0 Å². The number of nitrogens with one attached hydrogen (secondary N) is 1. The van der Waals surface area contributed by atoms with Gasteiger partial charge in [0.1, 0.15) is 9.87 Å². The summed E-state index contributed by atoms with van der Waals surface area (Å²) >= 11 is 0.